The molecular formula is C26H25ClF6N6O4. The van der Waals surface area contributed by atoms with E-state index in [9.17, 15) is 26.3 Å². The molecule has 1 fully saturated rings. The van der Waals surface area contributed by atoms with Crippen LogP contribution >= 0.6 is 11.6 Å². The van der Waals surface area contributed by atoms with Crippen molar-refractivity contribution in [2.45, 2.75) is 25.2 Å². The molecule has 1 aromatic heterocycles. The maximum absolute atomic E-state index is 10.6. The van der Waals surface area contributed by atoms with E-state index in [2.05, 4.69) is 67.2 Å². The Balaban J connectivity index is 0.000000303. The Kier molecular flexibility index (Phi) is 11.0. The number of aliphatic carboxylic acids is 2. The lowest BCUT2D eigenvalue weighted by Crippen LogP contribution is -2.43. The number of carboxylic acid groups (broad SMARTS) is 2. The van der Waals surface area contributed by atoms with E-state index in [0.717, 1.165) is 50.4 Å². The molecule has 5 N–H and O–H groups in total. The topological polar surface area (TPSA) is 140 Å². The summed E-state index contributed by atoms with van der Waals surface area (Å²) in [6, 6.07) is 15.0. The lowest BCUT2D eigenvalue weighted by molar-refractivity contribution is -0.193. The first kappa shape index (κ1) is 33.2. The zero-order chi connectivity index (χ0) is 31.8. The Morgan fingerprint density at radius 3 is 2.07 bits per heavy atom. The predicted molar refractivity (Wildman–Crippen MR) is 146 cm³/mol. The van der Waals surface area contributed by atoms with E-state index in [1.165, 1.54) is 16.8 Å². The van der Waals surface area contributed by atoms with Gasteiger partial charge in [-0.15, -0.1) is 0 Å². The van der Waals surface area contributed by atoms with Crippen molar-refractivity contribution in [1.29, 1.82) is 0 Å². The molecule has 10 nitrogen and oxygen atoms in total. The number of carbonyl (C=O) groups is 2. The number of aromatic nitrogens is 2. The van der Waals surface area contributed by atoms with Crippen LogP contribution in [0.25, 0.3) is 0 Å². The van der Waals surface area contributed by atoms with Gasteiger partial charge in [-0.2, -0.15) is 31.3 Å². The Morgan fingerprint density at radius 1 is 0.860 bits per heavy atom. The molecule has 43 heavy (non-hydrogen) atoms. The summed E-state index contributed by atoms with van der Waals surface area (Å²) in [7, 11) is 0. The number of halogens is 7. The second kappa shape index (κ2) is 14.2. The molecule has 6 bridgehead atoms. The number of anilines is 5. The molecule has 0 saturated carbocycles. The Morgan fingerprint density at radius 2 is 1.47 bits per heavy atom. The van der Waals surface area contributed by atoms with Crippen molar-refractivity contribution in [3.63, 3.8) is 0 Å². The minimum absolute atomic E-state index is 0.493. The van der Waals surface area contributed by atoms with Crippen LogP contribution in [0.5, 0.6) is 0 Å². The summed E-state index contributed by atoms with van der Waals surface area (Å²) in [6.07, 6.45) is -6.61. The summed E-state index contributed by atoms with van der Waals surface area (Å²) >= 11 is 6.36. The van der Waals surface area contributed by atoms with Gasteiger partial charge < -0.3 is 31.1 Å². The number of benzene rings is 2. The molecule has 1 saturated heterocycles. The van der Waals surface area contributed by atoms with Gasteiger partial charge in [0.05, 0.1) is 6.20 Å². The van der Waals surface area contributed by atoms with Gasteiger partial charge in [0.15, 0.2) is 5.82 Å². The van der Waals surface area contributed by atoms with Gasteiger partial charge in [-0.05, 0) is 54.3 Å². The fourth-order valence-corrected chi connectivity index (χ4v) is 4.08. The summed E-state index contributed by atoms with van der Waals surface area (Å²) in [5.74, 6) is -4.40. The van der Waals surface area contributed by atoms with E-state index < -0.39 is 24.3 Å². The fourth-order valence-electron chi connectivity index (χ4n) is 3.94. The predicted octanol–water partition coefficient (Wildman–Crippen LogP) is 5.39. The second-order valence-electron chi connectivity index (χ2n) is 9.03. The van der Waals surface area contributed by atoms with Gasteiger partial charge in [-0.3, -0.25) is 0 Å². The SMILES string of the molecule is Clc1cnc2nc1Nc1ccc(N3CCNCC3)c(c1)CCc1cccc(c1)N2.O=C(O)C(F)(F)F.O=C(O)C(F)(F)F. The largest absolute Gasteiger partial charge is 0.490 e. The van der Waals surface area contributed by atoms with Crippen molar-refractivity contribution < 1.29 is 46.1 Å². The molecule has 3 heterocycles. The summed E-state index contributed by atoms with van der Waals surface area (Å²) in [5.41, 5.74) is 5.89. The van der Waals surface area contributed by atoms with Crippen molar-refractivity contribution in [2.75, 3.05) is 41.7 Å². The number of alkyl halides is 6. The van der Waals surface area contributed by atoms with Crippen molar-refractivity contribution in [1.82, 2.24) is 15.3 Å². The number of aryl methyl sites for hydroxylation is 2. The number of nitrogens with one attached hydrogen (secondary N) is 3. The molecule has 0 amide bonds. The molecule has 5 rings (SSSR count). The molecule has 0 spiro atoms. The minimum atomic E-state index is -5.08. The summed E-state index contributed by atoms with van der Waals surface area (Å²) in [4.78, 5) is 29.1. The number of rotatable bonds is 1. The van der Waals surface area contributed by atoms with E-state index in [0.29, 0.717) is 16.8 Å². The summed E-state index contributed by atoms with van der Waals surface area (Å²) in [5, 5.41) is 24.8. The molecule has 0 radical (unpaired) electrons. The molecule has 0 unspecified atom stereocenters. The standard InChI is InChI=1S/C22H23ClN6.2C2HF3O2/c23-19-14-25-22-27-17-3-1-2-15(12-17)4-5-16-13-18(26-21(19)28-22)6-7-20(16)29-10-8-24-9-11-29;2*3-2(4,5)1(6)7/h1-3,6-7,12-14,24H,4-5,8-11H2,(H2,25,26,27,28);2*(H,6,7). The Bertz CT molecular complexity index is 1410. The number of fused-ring (bicyclic) bond motifs is 6. The fraction of sp³-hybridized carbons (Fsp3) is 0.308. The lowest BCUT2D eigenvalue weighted by atomic mass is 10.0. The highest BCUT2D eigenvalue weighted by molar-refractivity contribution is 6.32. The van der Waals surface area contributed by atoms with Crippen LogP contribution in [-0.2, 0) is 22.4 Å². The normalized spacial score (nSPS) is 14.4. The Labute approximate surface area is 245 Å². The highest BCUT2D eigenvalue weighted by atomic mass is 35.5. The maximum Gasteiger partial charge on any atom is 0.490 e. The number of nitrogens with zero attached hydrogens (tertiary/aromatic N) is 3. The van der Waals surface area contributed by atoms with Crippen molar-refractivity contribution >= 4 is 52.4 Å². The highest BCUT2D eigenvalue weighted by Crippen LogP contribution is 2.31. The van der Waals surface area contributed by atoms with E-state index >= 15 is 0 Å². The second-order valence-corrected chi connectivity index (χ2v) is 9.43. The molecule has 0 aliphatic carbocycles. The van der Waals surface area contributed by atoms with E-state index in [1.54, 1.807) is 6.20 Å². The first-order chi connectivity index (χ1) is 20.1. The minimum Gasteiger partial charge on any atom is -0.475 e. The van der Waals surface area contributed by atoms with Gasteiger partial charge in [-0.1, -0.05) is 23.7 Å². The van der Waals surface area contributed by atoms with Crippen LogP contribution in [0.15, 0.2) is 48.7 Å². The molecule has 3 aromatic rings. The average molecular weight is 635 g/mol. The first-order valence-corrected chi connectivity index (χ1v) is 12.9. The van der Waals surface area contributed by atoms with Gasteiger partial charge in [0, 0.05) is 43.2 Å². The van der Waals surface area contributed by atoms with E-state index in [4.69, 9.17) is 31.4 Å². The molecular weight excluding hydrogens is 610 g/mol. The molecule has 2 aromatic carbocycles. The molecule has 2 aliphatic rings. The van der Waals surface area contributed by atoms with Crippen molar-refractivity contribution in [2.24, 2.45) is 0 Å². The molecule has 232 valence electrons. The summed E-state index contributed by atoms with van der Waals surface area (Å²) < 4.78 is 63.5. The third-order valence-electron chi connectivity index (χ3n) is 5.90. The zero-order valence-electron chi connectivity index (χ0n) is 22.1. The monoisotopic (exact) mass is 634 g/mol. The number of carboxylic acids is 2. The number of hydrogen-bond acceptors (Lipinski definition) is 8. The third kappa shape index (κ3) is 10.2. The average Bonchev–Trinajstić information content (AvgIpc) is 2.94. The van der Waals surface area contributed by atoms with Crippen LogP contribution in [0.1, 0.15) is 11.1 Å². The van der Waals surface area contributed by atoms with Crippen molar-refractivity contribution in [3.8, 4) is 0 Å². The Hall–Kier alpha value is -4.31. The summed E-state index contributed by atoms with van der Waals surface area (Å²) in [6.45, 7) is 4.10. The quantitative estimate of drug-likeness (QED) is 0.221. The van der Waals surface area contributed by atoms with Gasteiger partial charge in [0.2, 0.25) is 5.95 Å². The van der Waals surface area contributed by atoms with E-state index in [-0.39, 0.29) is 0 Å². The van der Waals surface area contributed by atoms with Crippen LogP contribution in [0.3, 0.4) is 0 Å². The van der Waals surface area contributed by atoms with Gasteiger partial charge in [0.25, 0.3) is 0 Å². The number of hydrogen-bond donors (Lipinski definition) is 5. The van der Waals surface area contributed by atoms with Gasteiger partial charge >= 0.3 is 24.3 Å². The molecule has 0 atom stereocenters. The van der Waals surface area contributed by atoms with Crippen LogP contribution in [0.2, 0.25) is 5.02 Å². The van der Waals surface area contributed by atoms with Crippen molar-refractivity contribution in [3.05, 3.63) is 64.8 Å². The van der Waals surface area contributed by atoms with Gasteiger partial charge in [-0.25, -0.2) is 14.6 Å². The van der Waals surface area contributed by atoms with Crippen LogP contribution in [0, 0.1) is 0 Å². The number of piperazine rings is 1. The van der Waals surface area contributed by atoms with Gasteiger partial charge in [0.1, 0.15) is 5.02 Å². The van der Waals surface area contributed by atoms with E-state index in [1.807, 2.05) is 6.07 Å². The first-order valence-electron chi connectivity index (χ1n) is 12.5. The van der Waals surface area contributed by atoms with Crippen LogP contribution in [0.4, 0.5) is 55.2 Å². The zero-order valence-corrected chi connectivity index (χ0v) is 22.8. The van der Waals surface area contributed by atoms with Crippen LogP contribution < -0.4 is 20.9 Å². The molecule has 2 aliphatic heterocycles. The van der Waals surface area contributed by atoms with Crippen LogP contribution in [-0.4, -0.2) is 70.7 Å². The molecule has 17 heteroatoms. The third-order valence-corrected chi connectivity index (χ3v) is 6.17. The smallest absolute Gasteiger partial charge is 0.475 e. The maximum atomic E-state index is 10.6. The highest BCUT2D eigenvalue weighted by Gasteiger charge is 2.38. The lowest BCUT2D eigenvalue weighted by Gasteiger charge is -2.31.